The Labute approximate surface area is 172 Å². The molecular weight excluding hydrogens is 484 g/mol. The molecule has 142 valence electrons. The van der Waals surface area contributed by atoms with Crippen LogP contribution in [0.4, 0.5) is 10.5 Å². The number of benzene rings is 2. The lowest BCUT2D eigenvalue weighted by Crippen LogP contribution is -2.18. The van der Waals surface area contributed by atoms with Crippen LogP contribution in [0, 0.1) is 0 Å². The summed E-state index contributed by atoms with van der Waals surface area (Å²) in [4.78, 5) is 23.4. The third kappa shape index (κ3) is 6.38. The molecule has 2 aromatic rings. The number of carbonyl (C=O) groups is 2. The number of nitrogens with one attached hydrogen (secondary N) is 2. The minimum atomic E-state index is -0.884. The molecule has 0 saturated heterocycles. The predicted molar refractivity (Wildman–Crippen MR) is 106 cm³/mol. The van der Waals surface area contributed by atoms with Crippen LogP contribution in [-0.2, 0) is 9.53 Å². The van der Waals surface area contributed by atoms with Gasteiger partial charge in [-0.25, -0.2) is 10.3 Å². The molecular formula is C18H16Br2N2O5. The van der Waals surface area contributed by atoms with E-state index in [1.807, 2.05) is 6.07 Å². The molecule has 0 bridgehead atoms. The summed E-state index contributed by atoms with van der Waals surface area (Å²) in [6.07, 6.45) is 0.994. The Morgan fingerprint density at radius 3 is 2.56 bits per heavy atom. The molecule has 0 aliphatic rings. The normalized spacial score (nSPS) is 11.8. The van der Waals surface area contributed by atoms with Crippen LogP contribution in [0.2, 0.25) is 0 Å². The lowest BCUT2D eigenvalue weighted by atomic mass is 10.0. The van der Waals surface area contributed by atoms with Crippen molar-refractivity contribution in [2.45, 2.75) is 12.5 Å². The molecule has 2 rings (SSSR count). The number of rotatable bonds is 6. The van der Waals surface area contributed by atoms with Crippen LogP contribution in [0.15, 0.2) is 63.6 Å². The van der Waals surface area contributed by atoms with Gasteiger partial charge < -0.3 is 9.84 Å². The summed E-state index contributed by atoms with van der Waals surface area (Å²) in [5.41, 5.74) is 2.36. The van der Waals surface area contributed by atoms with Crippen LogP contribution in [0.1, 0.15) is 18.1 Å². The molecule has 0 unspecified atom stereocenters. The number of amides is 2. The standard InChI is InChI=1S/C18H16Br2N2O5/c19-11-9-13(17(24)14(20)10-11)15(7-4-8-16(23)22-26)27-18(25)21-12-5-2-1-3-6-12/h1-6,8-10,15,24,26H,7H2,(H,21,25)(H,22,23)/b8-4+/t15-/m0/s1. The van der Waals surface area contributed by atoms with E-state index < -0.39 is 18.1 Å². The summed E-state index contributed by atoms with van der Waals surface area (Å²) in [5.74, 6) is -0.808. The second kappa shape index (κ2) is 10.1. The summed E-state index contributed by atoms with van der Waals surface area (Å²) in [6, 6.07) is 12.0. The van der Waals surface area contributed by atoms with Crippen LogP contribution in [0.25, 0.3) is 0 Å². The average Bonchev–Trinajstić information content (AvgIpc) is 2.64. The zero-order chi connectivity index (χ0) is 19.8. The van der Waals surface area contributed by atoms with E-state index in [2.05, 4.69) is 37.2 Å². The minimum absolute atomic E-state index is 0.0873. The first kappa shape index (κ1) is 20.9. The van der Waals surface area contributed by atoms with Gasteiger partial charge in [-0.15, -0.1) is 0 Å². The first-order chi connectivity index (χ1) is 12.9. The highest BCUT2D eigenvalue weighted by Crippen LogP contribution is 2.38. The predicted octanol–water partition coefficient (Wildman–Crippen LogP) is 4.66. The number of anilines is 1. The molecule has 0 radical (unpaired) electrons. The second-order valence-electron chi connectivity index (χ2n) is 5.32. The van der Waals surface area contributed by atoms with Gasteiger partial charge in [0, 0.05) is 28.2 Å². The van der Waals surface area contributed by atoms with E-state index in [0.29, 0.717) is 20.2 Å². The zero-order valence-corrected chi connectivity index (χ0v) is 17.0. The van der Waals surface area contributed by atoms with E-state index in [1.165, 1.54) is 11.6 Å². The number of phenolic OH excluding ortho intramolecular Hbond substituents is 1. The third-order valence-electron chi connectivity index (χ3n) is 3.40. The quantitative estimate of drug-likeness (QED) is 0.262. The third-order valence-corrected chi connectivity index (χ3v) is 4.47. The van der Waals surface area contributed by atoms with Crippen LogP contribution in [-0.4, -0.2) is 22.3 Å². The molecule has 27 heavy (non-hydrogen) atoms. The van der Waals surface area contributed by atoms with Crippen molar-refractivity contribution in [1.82, 2.24) is 5.48 Å². The first-order valence-corrected chi connectivity index (χ1v) is 9.30. The summed E-state index contributed by atoms with van der Waals surface area (Å²) in [7, 11) is 0. The largest absolute Gasteiger partial charge is 0.506 e. The second-order valence-corrected chi connectivity index (χ2v) is 7.09. The van der Waals surface area contributed by atoms with E-state index in [1.54, 1.807) is 36.4 Å². The fourth-order valence-corrected chi connectivity index (χ4v) is 3.46. The topological polar surface area (TPSA) is 108 Å². The van der Waals surface area contributed by atoms with Gasteiger partial charge in [-0.05, 0) is 40.2 Å². The van der Waals surface area contributed by atoms with Crippen molar-refractivity contribution in [3.8, 4) is 5.75 Å². The van der Waals surface area contributed by atoms with Crippen molar-refractivity contribution >= 4 is 49.5 Å². The molecule has 7 nitrogen and oxygen atoms in total. The van der Waals surface area contributed by atoms with E-state index in [-0.39, 0.29) is 12.2 Å². The van der Waals surface area contributed by atoms with Gasteiger partial charge in [0.05, 0.1) is 4.47 Å². The lowest BCUT2D eigenvalue weighted by Gasteiger charge is -2.19. The van der Waals surface area contributed by atoms with Crippen molar-refractivity contribution in [3.05, 3.63) is 69.1 Å². The number of para-hydroxylation sites is 1. The summed E-state index contributed by atoms with van der Waals surface area (Å²) in [6.45, 7) is 0. The highest BCUT2D eigenvalue weighted by molar-refractivity contribution is 9.11. The van der Waals surface area contributed by atoms with Crippen molar-refractivity contribution in [2.75, 3.05) is 5.32 Å². The molecule has 0 spiro atoms. The van der Waals surface area contributed by atoms with Crippen molar-refractivity contribution in [2.24, 2.45) is 0 Å². The van der Waals surface area contributed by atoms with Gasteiger partial charge in [-0.2, -0.15) is 0 Å². The van der Waals surface area contributed by atoms with Crippen LogP contribution >= 0.6 is 31.9 Å². The molecule has 2 aromatic carbocycles. The highest BCUT2D eigenvalue weighted by Gasteiger charge is 2.21. The van der Waals surface area contributed by atoms with Gasteiger partial charge in [0.2, 0.25) is 0 Å². The summed E-state index contributed by atoms with van der Waals surface area (Å²) < 4.78 is 6.53. The maximum absolute atomic E-state index is 12.2. The Bertz CT molecular complexity index is 843. The minimum Gasteiger partial charge on any atom is -0.506 e. The van der Waals surface area contributed by atoms with Gasteiger partial charge >= 0.3 is 6.09 Å². The molecule has 1 atom stereocenters. The van der Waals surface area contributed by atoms with E-state index in [4.69, 9.17) is 9.94 Å². The number of aromatic hydroxyl groups is 1. The van der Waals surface area contributed by atoms with E-state index >= 15 is 0 Å². The molecule has 4 N–H and O–H groups in total. The van der Waals surface area contributed by atoms with E-state index in [9.17, 15) is 14.7 Å². The number of phenols is 1. The zero-order valence-electron chi connectivity index (χ0n) is 13.9. The summed E-state index contributed by atoms with van der Waals surface area (Å²) in [5, 5.41) is 21.5. The number of hydrogen-bond donors (Lipinski definition) is 4. The van der Waals surface area contributed by atoms with Gasteiger partial charge in [0.25, 0.3) is 5.91 Å². The van der Waals surface area contributed by atoms with Crippen LogP contribution in [0.5, 0.6) is 5.75 Å². The molecule has 0 aromatic heterocycles. The van der Waals surface area contributed by atoms with Crippen molar-refractivity contribution in [3.63, 3.8) is 0 Å². The van der Waals surface area contributed by atoms with Gasteiger partial charge in [-0.3, -0.25) is 15.3 Å². The van der Waals surface area contributed by atoms with Crippen LogP contribution in [0.3, 0.4) is 0 Å². The van der Waals surface area contributed by atoms with Gasteiger partial charge in [-0.1, -0.05) is 40.2 Å². The smallest absolute Gasteiger partial charge is 0.412 e. The molecule has 9 heteroatoms. The first-order valence-electron chi connectivity index (χ1n) is 7.72. The number of carbonyl (C=O) groups excluding carboxylic acids is 2. The summed E-state index contributed by atoms with van der Waals surface area (Å²) >= 11 is 6.56. The average molecular weight is 500 g/mol. The molecule has 2 amide bonds. The Morgan fingerprint density at radius 2 is 1.89 bits per heavy atom. The van der Waals surface area contributed by atoms with E-state index in [0.717, 1.165) is 6.08 Å². The highest BCUT2D eigenvalue weighted by atomic mass is 79.9. The molecule has 0 aliphatic heterocycles. The molecule has 0 aliphatic carbocycles. The fraction of sp³-hybridized carbons (Fsp3) is 0.111. The number of halogens is 2. The lowest BCUT2D eigenvalue weighted by molar-refractivity contribution is -0.124. The molecule has 0 heterocycles. The maximum atomic E-state index is 12.2. The number of ether oxygens (including phenoxy) is 1. The van der Waals surface area contributed by atoms with Crippen molar-refractivity contribution in [1.29, 1.82) is 0 Å². The number of hydrogen-bond acceptors (Lipinski definition) is 5. The van der Waals surface area contributed by atoms with Gasteiger partial charge in [0.1, 0.15) is 11.9 Å². The SMILES string of the molecule is O=C(/C=C/C[C@H](OC(=O)Nc1ccccc1)c1cc(Br)cc(Br)c1O)NO. The van der Waals surface area contributed by atoms with Crippen molar-refractivity contribution < 1.29 is 24.6 Å². The maximum Gasteiger partial charge on any atom is 0.412 e. The fourth-order valence-electron chi connectivity index (χ4n) is 2.20. The van der Waals surface area contributed by atoms with Crippen LogP contribution < -0.4 is 10.8 Å². The monoisotopic (exact) mass is 498 g/mol. The number of hydroxylamine groups is 1. The Balaban J connectivity index is 2.23. The molecule has 0 fully saturated rings. The Hall–Kier alpha value is -2.36. The molecule has 0 saturated carbocycles. The Morgan fingerprint density at radius 1 is 1.19 bits per heavy atom. The van der Waals surface area contributed by atoms with Gasteiger partial charge in [0.15, 0.2) is 0 Å². The Kier molecular flexibility index (Phi) is 7.83.